The first-order valence-electron chi connectivity index (χ1n) is 37.2. The monoisotopic (exact) mass is 1570 g/mol. The third-order valence-corrected chi connectivity index (χ3v) is 23.4. The Morgan fingerprint density at radius 2 is 1.22 bits per heavy atom. The van der Waals surface area contributed by atoms with Gasteiger partial charge in [0.25, 0.3) is 30.4 Å². The molecule has 0 radical (unpaired) electrons. The van der Waals surface area contributed by atoms with E-state index in [0.29, 0.717) is 104 Å². The van der Waals surface area contributed by atoms with E-state index in [9.17, 15) is 82.7 Å². The average Bonchev–Trinajstić information content (AvgIpc) is 1.59. The number of anilines is 1. The molecule has 2 heterocycles. The van der Waals surface area contributed by atoms with Crippen LogP contribution in [0.1, 0.15) is 152 Å². The zero-order valence-corrected chi connectivity index (χ0v) is 66.3. The number of aliphatic carboxylic acids is 3. The van der Waals surface area contributed by atoms with Crippen molar-refractivity contribution in [2.45, 2.75) is 171 Å². The number of nitrogens with zero attached hydrogens (tertiary/aromatic N) is 4. The van der Waals surface area contributed by atoms with Crippen LogP contribution in [0.5, 0.6) is 0 Å². The summed E-state index contributed by atoms with van der Waals surface area (Å²) < 4.78 is 105. The van der Waals surface area contributed by atoms with Crippen molar-refractivity contribution in [1.29, 1.82) is 0 Å². The summed E-state index contributed by atoms with van der Waals surface area (Å²) in [5.41, 5.74) is 9.22. The number of amides is 3. The van der Waals surface area contributed by atoms with Gasteiger partial charge in [-0.05, 0) is 141 Å². The molecule has 109 heavy (non-hydrogen) atoms. The number of hydrogen-bond acceptors (Lipinski definition) is 14. The Morgan fingerprint density at radius 1 is 0.596 bits per heavy atom. The van der Waals surface area contributed by atoms with Crippen molar-refractivity contribution in [2.75, 3.05) is 90.4 Å². The van der Waals surface area contributed by atoms with Gasteiger partial charge in [-0.1, -0.05) is 98.8 Å². The number of quaternary nitrogens is 2. The number of fused-ring (bicyclic) bond motifs is 2. The summed E-state index contributed by atoms with van der Waals surface area (Å²) in [6, 6.07) is 25.8. The molecule has 7 rings (SSSR count). The number of ketones is 2. The van der Waals surface area contributed by atoms with E-state index < -0.39 is 94.8 Å². The molecule has 0 saturated carbocycles. The molecule has 4 aromatic rings. The van der Waals surface area contributed by atoms with E-state index in [-0.39, 0.29) is 99.4 Å². The van der Waals surface area contributed by atoms with Gasteiger partial charge in [-0.2, -0.15) is 29.8 Å². The topological polar surface area (TPSA) is 386 Å². The van der Waals surface area contributed by atoms with Crippen molar-refractivity contribution < 1.29 is 101 Å². The smallest absolute Gasteiger partial charge is 0.326 e. The van der Waals surface area contributed by atoms with Gasteiger partial charge in [-0.3, -0.25) is 32.8 Å². The van der Waals surface area contributed by atoms with Crippen molar-refractivity contribution in [1.82, 2.24) is 16.0 Å². The third kappa shape index (κ3) is 26.9. The summed E-state index contributed by atoms with van der Waals surface area (Å²) in [4.78, 5) is 91.0. The van der Waals surface area contributed by atoms with Gasteiger partial charge in [0.15, 0.2) is 5.71 Å². The third-order valence-electron chi connectivity index (χ3n) is 20.9. The first-order chi connectivity index (χ1) is 51.0. The summed E-state index contributed by atoms with van der Waals surface area (Å²) in [6.45, 7) is 11.5. The molecule has 2 aliphatic heterocycles. The molecule has 0 fully saturated rings. The molecule has 4 aromatic carbocycles. The summed E-state index contributed by atoms with van der Waals surface area (Å²) in [5, 5.41) is 36.7. The number of carboxylic acid groups (broad SMARTS) is 3. The molecule has 0 unspecified atom stereocenters. The largest absolute Gasteiger partial charge is 0.481 e. The van der Waals surface area contributed by atoms with Gasteiger partial charge in [-0.15, -0.1) is 0 Å². The predicted molar refractivity (Wildman–Crippen MR) is 417 cm³/mol. The maximum absolute atomic E-state index is 14.5. The maximum Gasteiger partial charge on any atom is 0.326 e. The summed E-state index contributed by atoms with van der Waals surface area (Å²) in [7, 11) is -4.90. The summed E-state index contributed by atoms with van der Waals surface area (Å²) in [6.07, 6.45) is 12.8. The lowest BCUT2D eigenvalue weighted by Crippen LogP contribution is -2.51. The molecule has 594 valence electrons. The van der Waals surface area contributed by atoms with Crippen LogP contribution < -0.4 is 20.9 Å². The number of hydrogen-bond donors (Lipinski definition) is 9. The lowest BCUT2D eigenvalue weighted by Gasteiger charge is -2.35. The Hall–Kier alpha value is -8.55. The van der Waals surface area contributed by atoms with Gasteiger partial charge in [0.1, 0.15) is 43.3 Å². The number of carbonyl (C=O) groups excluding carboxylic acids is 4. The average molecular weight is 1570 g/mol. The first kappa shape index (κ1) is 87.7. The Bertz CT molecular complexity index is 4490. The molecule has 3 amide bonds. The molecule has 3 atom stereocenters. The molecule has 0 spiro atoms. The first-order valence-corrected chi connectivity index (χ1v) is 41.9. The molecular weight excluding hydrogens is 1460 g/mol. The zero-order chi connectivity index (χ0) is 80.3. The Morgan fingerprint density at radius 3 is 1.86 bits per heavy atom. The van der Waals surface area contributed by atoms with E-state index in [2.05, 4.69) is 58.7 Å². The van der Waals surface area contributed by atoms with Crippen LogP contribution in [0.15, 0.2) is 149 Å². The van der Waals surface area contributed by atoms with Crippen molar-refractivity contribution in [2.24, 2.45) is 5.92 Å². The number of Topliss-reactive ketones (excluding diaryl/α,β-unsaturated/α-hetero) is 2. The SMILES string of the molecule is CC1(C)C(/C=C/C2=C(Cc3ccc(C[C@H](NC(=O)[C@@H](CC(=O)CC[N+](C)(C)CC[N+](C)(C)CCCC(=O)CC[C@H](NC(=O)NCCCC(=O)O)C(=O)O)Cc4ccccc4)C(=O)O)cc3)C(=C/C=C3/N(CCCCS(=O)(=O)O)c4ccc(S(=O)(=O)O)cc4C3(C)C)/CCC2)=[N+](CCCCS(=O)(=O)O)c2ccccc21. The second kappa shape index (κ2) is 38.4. The number of para-hydroxylation sites is 1. The fourth-order valence-electron chi connectivity index (χ4n) is 14.5. The quantitative estimate of drug-likeness (QED) is 0.00860. The van der Waals surface area contributed by atoms with Gasteiger partial charge >= 0.3 is 23.9 Å². The van der Waals surface area contributed by atoms with E-state index >= 15 is 0 Å². The van der Waals surface area contributed by atoms with Gasteiger partial charge in [0.05, 0.1) is 69.5 Å². The van der Waals surface area contributed by atoms with E-state index in [1.165, 1.54) is 12.1 Å². The highest BCUT2D eigenvalue weighted by Crippen LogP contribution is 2.49. The second-order valence-electron chi connectivity index (χ2n) is 31.2. The molecule has 3 aliphatic rings. The highest BCUT2D eigenvalue weighted by atomic mass is 32.2. The van der Waals surface area contributed by atoms with E-state index in [1.54, 1.807) is 6.07 Å². The Balaban J connectivity index is 1.08. The van der Waals surface area contributed by atoms with E-state index in [0.717, 1.165) is 56.9 Å². The molecule has 0 aromatic heterocycles. The fraction of sp³-hybridized carbons (Fsp3) is 0.500. The predicted octanol–water partition coefficient (Wildman–Crippen LogP) is 9.75. The molecule has 26 nitrogen and oxygen atoms in total. The standard InChI is InChI=1S/C80H107N7O19S3/c1-79(2)66-26-12-13-27-70(66)84(43-14-16-49-107(98,99)100)72(79)39-33-59-23-18-24-60(34-40-73-80(3,4)67-55-64(109(104,105)106)36-38-71(67)85(73)44-15-17-50-108(101,102)103)65(59)52-57-29-31-58(32-30-57)53-69(77(95)96)82-75(92)61(51-56-21-10-9-11-22-56)54-63(89)41-46-87(7,8)48-47-86(5,6)45-20-25-62(88)35-37-68(76(93)94)83-78(97)81-42-19-28-74(90)91/h9-13,21-22,26-27,29-34,36,38-40,55,61,68-69H,14-20,23-25,28,35,37,41-54H2,1-8H3,(H6-3,81,82,83,90,91,92,93,94,95,96,97,98,99,100,101,102,103,104,105,106)/p+3/t61-,68+,69+/m1/s1. The van der Waals surface area contributed by atoms with Gasteiger partial charge in [0.2, 0.25) is 11.6 Å². The van der Waals surface area contributed by atoms with Gasteiger partial charge in [-0.25, -0.2) is 14.4 Å². The van der Waals surface area contributed by atoms with Crippen LogP contribution in [0.4, 0.5) is 16.2 Å². The van der Waals surface area contributed by atoms with Gasteiger partial charge in [0, 0.05) is 98.5 Å². The number of unbranched alkanes of at least 4 members (excludes halogenated alkanes) is 2. The Labute approximate surface area is 641 Å². The molecule has 9 N–H and O–H groups in total. The van der Waals surface area contributed by atoms with Crippen LogP contribution in [0, 0.1) is 5.92 Å². The summed E-state index contributed by atoms with van der Waals surface area (Å²) in [5.74, 6) is -6.16. The molecule has 0 saturated heterocycles. The van der Waals surface area contributed by atoms with Crippen LogP contribution in [0.25, 0.3) is 0 Å². The lowest BCUT2D eigenvalue weighted by molar-refractivity contribution is -0.945. The Kier molecular flexibility index (Phi) is 30.9. The maximum atomic E-state index is 14.5. The zero-order valence-electron chi connectivity index (χ0n) is 63.9. The molecule has 1 aliphatic carbocycles. The number of likely N-dealkylation sites (N-methyl/N-ethyl adjacent to an activating group) is 2. The van der Waals surface area contributed by atoms with Crippen LogP contribution in [0.3, 0.4) is 0 Å². The number of allylic oxidation sites excluding steroid dienone is 8. The van der Waals surface area contributed by atoms with Crippen molar-refractivity contribution >= 4 is 88.9 Å². The highest BCUT2D eigenvalue weighted by molar-refractivity contribution is 7.86. The normalized spacial score (nSPS) is 16.8. The number of carboxylic acids is 3. The van der Waals surface area contributed by atoms with Crippen LogP contribution in [-0.2, 0) is 89.2 Å². The minimum Gasteiger partial charge on any atom is -0.481 e. The minimum atomic E-state index is -4.59. The second-order valence-corrected chi connectivity index (χ2v) is 35.8. The van der Waals surface area contributed by atoms with Crippen LogP contribution in [-0.4, -0.2) is 212 Å². The van der Waals surface area contributed by atoms with E-state index in [1.807, 2.05) is 126 Å². The molecule has 0 bridgehead atoms. The number of urea groups is 1. The number of rotatable bonds is 44. The minimum absolute atomic E-state index is 0.0444. The fourth-order valence-corrected chi connectivity index (χ4v) is 16.1. The summed E-state index contributed by atoms with van der Waals surface area (Å²) >= 11 is 0. The highest BCUT2D eigenvalue weighted by Gasteiger charge is 2.45. The van der Waals surface area contributed by atoms with Crippen LogP contribution in [0.2, 0.25) is 0 Å². The van der Waals surface area contributed by atoms with Crippen molar-refractivity contribution in [3.05, 3.63) is 172 Å². The molecular formula is C80H110N7O19S3+3. The lowest BCUT2D eigenvalue weighted by atomic mass is 9.80. The number of nitrogens with one attached hydrogen (secondary N) is 3. The van der Waals surface area contributed by atoms with E-state index in [4.69, 9.17) is 5.11 Å². The number of benzene rings is 4. The molecule has 29 heteroatoms. The van der Waals surface area contributed by atoms with Crippen molar-refractivity contribution in [3.8, 4) is 0 Å². The van der Waals surface area contributed by atoms with Crippen molar-refractivity contribution in [3.63, 3.8) is 0 Å². The van der Waals surface area contributed by atoms with Gasteiger partial charge < -0.3 is 45.1 Å². The van der Waals surface area contributed by atoms with Crippen LogP contribution >= 0.6 is 0 Å². The number of carbonyl (C=O) groups is 7.